The molecule has 2 atom stereocenters. The van der Waals surface area contributed by atoms with Gasteiger partial charge in [-0.25, -0.2) is 18.2 Å². The van der Waals surface area contributed by atoms with Crippen LogP contribution in [0.4, 0.5) is 26.3 Å². The zero-order valence-electron chi connectivity index (χ0n) is 18.4. The molecule has 5 nitrogen and oxygen atoms in total. The van der Waals surface area contributed by atoms with E-state index >= 15 is 0 Å². The number of fused-ring (bicyclic) bond motifs is 1. The van der Waals surface area contributed by atoms with E-state index < -0.39 is 47.4 Å². The highest BCUT2D eigenvalue weighted by Gasteiger charge is 2.41. The summed E-state index contributed by atoms with van der Waals surface area (Å²) in [4.78, 5) is 18.2. The van der Waals surface area contributed by atoms with Gasteiger partial charge in [-0.05, 0) is 30.0 Å². The molecule has 0 aliphatic carbocycles. The van der Waals surface area contributed by atoms with Gasteiger partial charge in [-0.3, -0.25) is 4.79 Å². The van der Waals surface area contributed by atoms with E-state index in [9.17, 15) is 31.1 Å². The zero-order chi connectivity index (χ0) is 25.3. The van der Waals surface area contributed by atoms with E-state index in [4.69, 9.17) is 5.73 Å². The Balaban J connectivity index is 1.56. The van der Waals surface area contributed by atoms with Gasteiger partial charge in [0.2, 0.25) is 11.7 Å². The molecule has 1 aliphatic heterocycles. The summed E-state index contributed by atoms with van der Waals surface area (Å²) in [6.45, 7) is -0.108. The van der Waals surface area contributed by atoms with Crippen LogP contribution in [0.2, 0.25) is 0 Å². The van der Waals surface area contributed by atoms with Gasteiger partial charge < -0.3 is 15.2 Å². The molecule has 2 heterocycles. The fraction of sp³-hybridized carbons (Fsp3) is 0.333. The van der Waals surface area contributed by atoms with Crippen molar-refractivity contribution in [3.8, 4) is 0 Å². The van der Waals surface area contributed by atoms with Gasteiger partial charge in [0.1, 0.15) is 5.82 Å². The summed E-state index contributed by atoms with van der Waals surface area (Å²) < 4.78 is 82.0. The van der Waals surface area contributed by atoms with Gasteiger partial charge in [0, 0.05) is 31.6 Å². The molecule has 0 fully saturated rings. The minimum atomic E-state index is -4.64. The zero-order valence-corrected chi connectivity index (χ0v) is 18.4. The van der Waals surface area contributed by atoms with Gasteiger partial charge in [0.05, 0.1) is 17.9 Å². The number of rotatable bonds is 6. The van der Waals surface area contributed by atoms with Crippen molar-refractivity contribution in [2.75, 3.05) is 6.54 Å². The van der Waals surface area contributed by atoms with Crippen molar-refractivity contribution in [3.05, 3.63) is 88.8 Å². The monoisotopic (exact) mass is 496 g/mol. The Bertz CT molecular complexity index is 1210. The van der Waals surface area contributed by atoms with Crippen molar-refractivity contribution in [1.29, 1.82) is 0 Å². The lowest BCUT2D eigenvalue weighted by molar-refractivity contribution is -0.148. The third kappa shape index (κ3) is 5.34. The number of hydrogen-bond donors (Lipinski definition) is 1. The topological polar surface area (TPSA) is 64.2 Å². The van der Waals surface area contributed by atoms with Gasteiger partial charge in [0.25, 0.3) is 0 Å². The van der Waals surface area contributed by atoms with Crippen LogP contribution in [0.5, 0.6) is 0 Å². The molecular formula is C24H22F6N4O. The summed E-state index contributed by atoms with van der Waals surface area (Å²) in [6.07, 6.45) is -3.74. The maximum Gasteiger partial charge on any atom is 0.449 e. The minimum absolute atomic E-state index is 0.00493. The Kier molecular flexibility index (Phi) is 6.88. The van der Waals surface area contributed by atoms with Crippen molar-refractivity contribution in [3.63, 3.8) is 0 Å². The first-order valence-corrected chi connectivity index (χ1v) is 10.9. The highest BCUT2D eigenvalue weighted by molar-refractivity contribution is 5.77. The van der Waals surface area contributed by atoms with Crippen LogP contribution in [0.3, 0.4) is 0 Å². The van der Waals surface area contributed by atoms with Crippen LogP contribution in [-0.4, -0.2) is 32.9 Å². The largest absolute Gasteiger partial charge is 0.449 e. The number of aromatic nitrogens is 2. The maximum atomic E-state index is 14.0. The van der Waals surface area contributed by atoms with E-state index in [1.165, 1.54) is 4.90 Å². The van der Waals surface area contributed by atoms with Crippen LogP contribution in [0.25, 0.3) is 0 Å². The molecule has 2 aromatic carbocycles. The summed E-state index contributed by atoms with van der Waals surface area (Å²) >= 11 is 0. The second-order valence-electron chi connectivity index (χ2n) is 8.47. The fourth-order valence-corrected chi connectivity index (χ4v) is 4.41. The van der Waals surface area contributed by atoms with Crippen LogP contribution in [-0.2, 0) is 30.4 Å². The molecule has 2 N–H and O–H groups in total. The maximum absolute atomic E-state index is 14.0. The number of carbonyl (C=O) groups excluding carboxylic acids is 1. The van der Waals surface area contributed by atoms with E-state index in [-0.39, 0.29) is 43.6 Å². The van der Waals surface area contributed by atoms with Gasteiger partial charge in [-0.2, -0.15) is 13.2 Å². The molecule has 1 unspecified atom stereocenters. The molecule has 0 spiro atoms. The van der Waals surface area contributed by atoms with E-state index in [0.717, 1.165) is 16.3 Å². The van der Waals surface area contributed by atoms with Gasteiger partial charge in [0.15, 0.2) is 11.6 Å². The molecule has 4 rings (SSSR count). The molecule has 0 radical (unpaired) electrons. The number of imidazole rings is 1. The molecule has 1 aliphatic rings. The van der Waals surface area contributed by atoms with E-state index in [2.05, 4.69) is 4.98 Å². The van der Waals surface area contributed by atoms with Crippen molar-refractivity contribution in [2.24, 2.45) is 5.73 Å². The summed E-state index contributed by atoms with van der Waals surface area (Å²) in [6, 6.07) is 8.45. The molecular weight excluding hydrogens is 474 g/mol. The van der Waals surface area contributed by atoms with Gasteiger partial charge >= 0.3 is 6.18 Å². The molecule has 186 valence electrons. The summed E-state index contributed by atoms with van der Waals surface area (Å²) in [5.74, 6) is -5.00. The SMILES string of the molecule is N[C@@H](CC(=O)N1CCn2c(cnc2C(F)(F)F)C1Cc1ccccc1)Cc1cc(F)c(F)cc1F. The number of halogens is 6. The Morgan fingerprint density at radius 2 is 1.74 bits per heavy atom. The number of alkyl halides is 3. The summed E-state index contributed by atoms with van der Waals surface area (Å²) in [5.41, 5.74) is 6.92. The van der Waals surface area contributed by atoms with Crippen molar-refractivity contribution in [1.82, 2.24) is 14.5 Å². The second kappa shape index (κ2) is 9.73. The van der Waals surface area contributed by atoms with Crippen LogP contribution in [0.15, 0.2) is 48.7 Å². The van der Waals surface area contributed by atoms with Crippen molar-refractivity contribution in [2.45, 2.75) is 44.1 Å². The van der Waals surface area contributed by atoms with Crippen LogP contribution in [0, 0.1) is 17.5 Å². The lowest BCUT2D eigenvalue weighted by Crippen LogP contribution is -2.45. The Hall–Kier alpha value is -3.34. The van der Waals surface area contributed by atoms with Crippen LogP contribution >= 0.6 is 0 Å². The lowest BCUT2D eigenvalue weighted by atomic mass is 9.98. The predicted octanol–water partition coefficient (Wildman–Crippen LogP) is 4.41. The Morgan fingerprint density at radius 1 is 1.06 bits per heavy atom. The number of carbonyl (C=O) groups is 1. The summed E-state index contributed by atoms with van der Waals surface area (Å²) in [7, 11) is 0. The standard InChI is InChI=1S/C24H22F6N4O/c25-17-12-19(27)18(26)10-15(17)9-16(31)11-22(35)33-6-7-34-21(13-32-23(34)24(28,29)30)20(33)8-14-4-2-1-3-5-14/h1-5,10,12-13,16,20H,6-9,11,31H2/t16-,20?/m1/s1. The minimum Gasteiger partial charge on any atom is -0.332 e. The third-order valence-corrected chi connectivity index (χ3v) is 6.02. The number of hydrogen-bond acceptors (Lipinski definition) is 3. The summed E-state index contributed by atoms with van der Waals surface area (Å²) in [5, 5.41) is 0. The number of nitrogens with two attached hydrogens (primary N) is 1. The normalized spacial score (nSPS) is 16.8. The highest BCUT2D eigenvalue weighted by Crippen LogP contribution is 2.36. The Labute approximate surface area is 197 Å². The number of amides is 1. The first-order chi connectivity index (χ1) is 16.5. The average Bonchev–Trinajstić information content (AvgIpc) is 3.23. The molecule has 1 aromatic heterocycles. The molecule has 0 saturated carbocycles. The first kappa shape index (κ1) is 24.8. The fourth-order valence-electron chi connectivity index (χ4n) is 4.41. The van der Waals surface area contributed by atoms with Crippen LogP contribution in [0.1, 0.15) is 35.1 Å². The average molecular weight is 496 g/mol. The number of nitrogens with zero attached hydrogens (tertiary/aromatic N) is 3. The molecule has 0 bridgehead atoms. The van der Waals surface area contributed by atoms with E-state index in [1.54, 1.807) is 30.3 Å². The smallest absolute Gasteiger partial charge is 0.332 e. The molecule has 35 heavy (non-hydrogen) atoms. The van der Waals surface area contributed by atoms with Crippen LogP contribution < -0.4 is 5.73 Å². The quantitative estimate of drug-likeness (QED) is 0.406. The molecule has 1 amide bonds. The van der Waals surface area contributed by atoms with E-state index in [1.807, 2.05) is 0 Å². The number of benzene rings is 2. The predicted molar refractivity (Wildman–Crippen MR) is 114 cm³/mol. The molecule has 3 aromatic rings. The molecule has 0 saturated heterocycles. The highest BCUT2D eigenvalue weighted by atomic mass is 19.4. The van der Waals surface area contributed by atoms with Gasteiger partial charge in [-0.1, -0.05) is 30.3 Å². The van der Waals surface area contributed by atoms with Gasteiger partial charge in [-0.15, -0.1) is 0 Å². The lowest BCUT2D eigenvalue weighted by Gasteiger charge is -2.38. The van der Waals surface area contributed by atoms with Crippen molar-refractivity contribution >= 4 is 5.91 Å². The van der Waals surface area contributed by atoms with E-state index in [0.29, 0.717) is 12.1 Å². The second-order valence-corrected chi connectivity index (χ2v) is 8.47. The third-order valence-electron chi connectivity index (χ3n) is 6.02. The molecule has 11 heteroatoms. The first-order valence-electron chi connectivity index (χ1n) is 10.9. The van der Waals surface area contributed by atoms with Crippen molar-refractivity contribution < 1.29 is 31.1 Å². The Morgan fingerprint density at radius 3 is 2.43 bits per heavy atom.